The van der Waals surface area contributed by atoms with Crippen LogP contribution in [0.3, 0.4) is 0 Å². The lowest BCUT2D eigenvalue weighted by molar-refractivity contribution is 0.0946. The summed E-state index contributed by atoms with van der Waals surface area (Å²) < 4.78 is 2.18. The van der Waals surface area contributed by atoms with Crippen LogP contribution in [0.2, 0.25) is 0 Å². The Bertz CT molecular complexity index is 1290. The van der Waals surface area contributed by atoms with Crippen LogP contribution in [0.25, 0.3) is 22.3 Å². The Kier molecular flexibility index (Phi) is 3.77. The van der Waals surface area contributed by atoms with Gasteiger partial charge in [-0.25, -0.2) is 19.9 Å². The minimum absolute atomic E-state index is 0.225. The number of hydrogen-bond donors (Lipinski definition) is 2. The van der Waals surface area contributed by atoms with Gasteiger partial charge in [0.1, 0.15) is 11.3 Å². The van der Waals surface area contributed by atoms with Crippen LogP contribution >= 0.6 is 0 Å². The third kappa shape index (κ3) is 2.80. The molecule has 9 heteroatoms. The Morgan fingerprint density at radius 2 is 2.17 bits per heavy atom. The molecule has 1 saturated carbocycles. The number of H-pyrrole nitrogens is 1. The molecule has 0 bridgehead atoms. The molecule has 1 fully saturated rings. The lowest BCUT2D eigenvalue weighted by Crippen LogP contribution is -2.23. The van der Waals surface area contributed by atoms with Crippen molar-refractivity contribution in [3.05, 3.63) is 36.0 Å². The van der Waals surface area contributed by atoms with Crippen LogP contribution in [-0.4, -0.2) is 48.5 Å². The Balaban J connectivity index is 1.37. The number of nitrogens with zero attached hydrogens (tertiary/aromatic N) is 6. The molecule has 9 nitrogen and oxygen atoms in total. The summed E-state index contributed by atoms with van der Waals surface area (Å²) in [6.45, 7) is 4.26. The number of amides is 1. The Morgan fingerprint density at radius 3 is 3.00 bits per heavy atom. The highest BCUT2D eigenvalue weighted by Gasteiger charge is 2.27. The predicted molar refractivity (Wildman–Crippen MR) is 113 cm³/mol. The average Bonchev–Trinajstić information content (AvgIpc) is 3.15. The molecule has 30 heavy (non-hydrogen) atoms. The number of nitrogens with one attached hydrogen (secondary N) is 2. The molecule has 152 valence electrons. The number of aromatic amines is 1. The first-order valence-corrected chi connectivity index (χ1v) is 10.5. The SMILES string of the molecule is CCNC(=O)c1nc2ncc(N3CCc4cc5ncn(CC6CC6)c5nc43)cc2[nH]1. The number of aromatic nitrogens is 6. The molecule has 4 aromatic rings. The number of fused-ring (bicyclic) bond motifs is 3. The van der Waals surface area contributed by atoms with Crippen molar-refractivity contribution < 1.29 is 4.79 Å². The summed E-state index contributed by atoms with van der Waals surface area (Å²) in [7, 11) is 0. The fourth-order valence-electron chi connectivity index (χ4n) is 4.12. The standard InChI is InChI=1S/C21H22N8O/c1-2-22-21(30)18-25-15-8-14(9-23-17(15)26-18)29-6-5-13-7-16-20(27-19(13)29)28(11-24-16)10-12-3-4-12/h7-9,11-12H,2-6,10H2,1H3,(H,22,30)(H,23,25,26). The maximum absolute atomic E-state index is 12.1. The van der Waals surface area contributed by atoms with E-state index in [1.165, 1.54) is 18.4 Å². The topological polar surface area (TPSA) is 105 Å². The van der Waals surface area contributed by atoms with E-state index in [1.54, 1.807) is 6.20 Å². The van der Waals surface area contributed by atoms with Gasteiger partial charge in [0.05, 0.1) is 23.7 Å². The molecule has 0 atom stereocenters. The summed E-state index contributed by atoms with van der Waals surface area (Å²) in [6, 6.07) is 4.15. The normalized spacial score (nSPS) is 15.8. The number of hydrogen-bond acceptors (Lipinski definition) is 6. The highest BCUT2D eigenvalue weighted by Crippen LogP contribution is 2.36. The molecule has 0 spiro atoms. The molecule has 2 N–H and O–H groups in total. The summed E-state index contributed by atoms with van der Waals surface area (Å²) >= 11 is 0. The molecule has 6 rings (SSSR count). The molecular formula is C21H22N8O. The summed E-state index contributed by atoms with van der Waals surface area (Å²) in [5.41, 5.74) is 5.32. The number of imidazole rings is 2. The van der Waals surface area contributed by atoms with Crippen LogP contribution < -0.4 is 10.2 Å². The van der Waals surface area contributed by atoms with E-state index < -0.39 is 0 Å². The van der Waals surface area contributed by atoms with Gasteiger partial charge in [0.2, 0.25) is 0 Å². The molecule has 1 aliphatic carbocycles. The van der Waals surface area contributed by atoms with Crippen molar-refractivity contribution in [2.45, 2.75) is 32.7 Å². The van der Waals surface area contributed by atoms with E-state index in [0.29, 0.717) is 12.2 Å². The minimum atomic E-state index is -0.225. The zero-order chi connectivity index (χ0) is 20.2. The summed E-state index contributed by atoms with van der Waals surface area (Å²) in [4.78, 5) is 35.7. The van der Waals surface area contributed by atoms with Crippen molar-refractivity contribution >= 4 is 39.7 Å². The van der Waals surface area contributed by atoms with Gasteiger partial charge in [-0.05, 0) is 49.8 Å². The molecule has 0 saturated heterocycles. The van der Waals surface area contributed by atoms with Gasteiger partial charge < -0.3 is 19.8 Å². The first-order valence-electron chi connectivity index (χ1n) is 10.5. The van der Waals surface area contributed by atoms with Gasteiger partial charge in [0, 0.05) is 19.6 Å². The lowest BCUT2D eigenvalue weighted by atomic mass is 10.2. The first-order chi connectivity index (χ1) is 14.7. The minimum Gasteiger partial charge on any atom is -0.350 e. The number of carbonyl (C=O) groups is 1. The third-order valence-electron chi connectivity index (χ3n) is 5.85. The van der Waals surface area contributed by atoms with Gasteiger partial charge in [-0.15, -0.1) is 0 Å². The summed E-state index contributed by atoms with van der Waals surface area (Å²) in [6.07, 6.45) is 7.22. The van der Waals surface area contributed by atoms with E-state index >= 15 is 0 Å². The zero-order valence-electron chi connectivity index (χ0n) is 16.7. The zero-order valence-corrected chi connectivity index (χ0v) is 16.7. The third-order valence-corrected chi connectivity index (χ3v) is 5.85. The van der Waals surface area contributed by atoms with E-state index in [4.69, 9.17) is 4.98 Å². The maximum atomic E-state index is 12.1. The maximum Gasteiger partial charge on any atom is 0.287 e. The van der Waals surface area contributed by atoms with Crippen LogP contribution in [0.4, 0.5) is 11.5 Å². The Labute approximate surface area is 172 Å². The van der Waals surface area contributed by atoms with Crippen LogP contribution in [-0.2, 0) is 13.0 Å². The van der Waals surface area contributed by atoms with Crippen LogP contribution in [0, 0.1) is 5.92 Å². The van der Waals surface area contributed by atoms with Crippen molar-refractivity contribution in [3.63, 3.8) is 0 Å². The second kappa shape index (κ2) is 6.51. The van der Waals surface area contributed by atoms with Crippen molar-refractivity contribution in [1.29, 1.82) is 0 Å². The van der Waals surface area contributed by atoms with Crippen molar-refractivity contribution in [3.8, 4) is 0 Å². The van der Waals surface area contributed by atoms with E-state index in [9.17, 15) is 4.79 Å². The second-order valence-electron chi connectivity index (χ2n) is 8.07. The molecule has 0 aromatic carbocycles. The fourth-order valence-corrected chi connectivity index (χ4v) is 4.12. The monoisotopic (exact) mass is 402 g/mol. The molecule has 2 aliphatic rings. The number of carbonyl (C=O) groups excluding carboxylic acids is 1. The van der Waals surface area contributed by atoms with Crippen LogP contribution in [0.15, 0.2) is 24.7 Å². The number of rotatable bonds is 5. The van der Waals surface area contributed by atoms with Crippen molar-refractivity contribution in [2.24, 2.45) is 5.92 Å². The summed E-state index contributed by atoms with van der Waals surface area (Å²) in [5.74, 6) is 1.78. The van der Waals surface area contributed by atoms with Gasteiger partial charge in [-0.1, -0.05) is 0 Å². The fraction of sp³-hybridized carbons (Fsp3) is 0.381. The molecule has 0 unspecified atom stereocenters. The molecule has 4 aromatic heterocycles. The predicted octanol–water partition coefficient (Wildman–Crippen LogP) is 2.56. The van der Waals surface area contributed by atoms with E-state index in [0.717, 1.165) is 53.6 Å². The lowest BCUT2D eigenvalue weighted by Gasteiger charge is -2.18. The van der Waals surface area contributed by atoms with Crippen molar-refractivity contribution in [1.82, 2.24) is 34.8 Å². The smallest absolute Gasteiger partial charge is 0.287 e. The van der Waals surface area contributed by atoms with Gasteiger partial charge in [-0.2, -0.15) is 0 Å². The summed E-state index contributed by atoms with van der Waals surface area (Å²) in [5, 5.41) is 2.75. The van der Waals surface area contributed by atoms with Crippen molar-refractivity contribution in [2.75, 3.05) is 18.0 Å². The van der Waals surface area contributed by atoms with Crippen LogP contribution in [0.1, 0.15) is 35.9 Å². The molecular weight excluding hydrogens is 380 g/mol. The number of pyridine rings is 2. The van der Waals surface area contributed by atoms with Gasteiger partial charge in [-0.3, -0.25) is 4.79 Å². The quantitative estimate of drug-likeness (QED) is 0.532. The van der Waals surface area contributed by atoms with E-state index in [2.05, 4.69) is 40.8 Å². The van der Waals surface area contributed by atoms with Crippen LogP contribution in [0.5, 0.6) is 0 Å². The number of anilines is 2. The average molecular weight is 402 g/mol. The highest BCUT2D eigenvalue weighted by atomic mass is 16.2. The molecule has 1 amide bonds. The van der Waals surface area contributed by atoms with Gasteiger partial charge in [0.15, 0.2) is 17.1 Å². The second-order valence-corrected chi connectivity index (χ2v) is 8.07. The molecule has 5 heterocycles. The highest BCUT2D eigenvalue weighted by molar-refractivity contribution is 5.94. The van der Waals surface area contributed by atoms with E-state index in [-0.39, 0.29) is 11.7 Å². The van der Waals surface area contributed by atoms with E-state index in [1.807, 2.05) is 19.3 Å². The Hall–Kier alpha value is -3.49. The molecule has 1 aliphatic heterocycles. The first kappa shape index (κ1) is 17.4. The Morgan fingerprint density at radius 1 is 1.27 bits per heavy atom. The van der Waals surface area contributed by atoms with Gasteiger partial charge in [0.25, 0.3) is 5.91 Å². The molecule has 0 radical (unpaired) electrons. The van der Waals surface area contributed by atoms with Gasteiger partial charge >= 0.3 is 0 Å². The largest absolute Gasteiger partial charge is 0.350 e.